The van der Waals surface area contributed by atoms with Crippen molar-refractivity contribution in [1.29, 1.82) is 0 Å². The van der Waals surface area contributed by atoms with Crippen LogP contribution < -0.4 is 0 Å². The maximum absolute atomic E-state index is 12.6. The molecule has 1 aliphatic carbocycles. The van der Waals surface area contributed by atoms with Crippen molar-refractivity contribution in [3.05, 3.63) is 34.9 Å². The zero-order valence-electron chi connectivity index (χ0n) is 10.3. The lowest BCUT2D eigenvalue weighted by Gasteiger charge is -2.32. The first-order chi connectivity index (χ1) is 8.89. The van der Waals surface area contributed by atoms with Crippen LogP contribution in [0.4, 0.5) is 13.2 Å². The SMILES string of the molecule is OC(c1ccccc1Cl)C1CCC(C(F)(F)F)CC1. The van der Waals surface area contributed by atoms with E-state index in [0.717, 1.165) is 0 Å². The topological polar surface area (TPSA) is 20.2 Å². The van der Waals surface area contributed by atoms with Crippen molar-refractivity contribution in [2.75, 3.05) is 0 Å². The summed E-state index contributed by atoms with van der Waals surface area (Å²) in [4.78, 5) is 0. The van der Waals surface area contributed by atoms with Crippen LogP contribution in [-0.2, 0) is 0 Å². The minimum Gasteiger partial charge on any atom is -0.388 e. The molecule has 1 saturated carbocycles. The maximum Gasteiger partial charge on any atom is 0.391 e. The third-order valence-corrected chi connectivity index (χ3v) is 4.25. The first kappa shape index (κ1) is 14.7. The van der Waals surface area contributed by atoms with Crippen molar-refractivity contribution in [3.63, 3.8) is 0 Å². The fraction of sp³-hybridized carbons (Fsp3) is 0.571. The van der Waals surface area contributed by atoms with Gasteiger partial charge in [0.1, 0.15) is 0 Å². The summed E-state index contributed by atoms with van der Waals surface area (Å²) < 4.78 is 37.7. The number of rotatable bonds is 2. The predicted octanol–water partition coefficient (Wildman–Crippen LogP) is 4.74. The predicted molar refractivity (Wildman–Crippen MR) is 67.9 cm³/mol. The standard InChI is InChI=1S/C14H16ClF3O/c15-12-4-2-1-3-11(12)13(19)9-5-7-10(8-6-9)14(16,17)18/h1-4,9-10,13,19H,5-8H2. The zero-order valence-corrected chi connectivity index (χ0v) is 11.1. The highest BCUT2D eigenvalue weighted by atomic mass is 35.5. The third-order valence-electron chi connectivity index (χ3n) is 3.91. The van der Waals surface area contributed by atoms with E-state index in [0.29, 0.717) is 23.4 Å². The Bertz CT molecular complexity index is 425. The third kappa shape index (κ3) is 3.42. The molecule has 19 heavy (non-hydrogen) atoms. The summed E-state index contributed by atoms with van der Waals surface area (Å²) in [6.45, 7) is 0. The van der Waals surface area contributed by atoms with E-state index in [4.69, 9.17) is 11.6 Å². The normalized spacial score (nSPS) is 26.2. The summed E-state index contributed by atoms with van der Waals surface area (Å²) in [5.41, 5.74) is 0.611. The first-order valence-electron chi connectivity index (χ1n) is 6.39. The van der Waals surface area contributed by atoms with E-state index < -0.39 is 18.2 Å². The molecular weight excluding hydrogens is 277 g/mol. The lowest BCUT2D eigenvalue weighted by atomic mass is 9.77. The van der Waals surface area contributed by atoms with E-state index in [9.17, 15) is 18.3 Å². The lowest BCUT2D eigenvalue weighted by molar-refractivity contribution is -0.185. The maximum atomic E-state index is 12.6. The van der Waals surface area contributed by atoms with Gasteiger partial charge in [-0.3, -0.25) is 0 Å². The fourth-order valence-corrected chi connectivity index (χ4v) is 2.98. The van der Waals surface area contributed by atoms with E-state index in [-0.39, 0.29) is 18.8 Å². The van der Waals surface area contributed by atoms with Crippen LogP contribution in [-0.4, -0.2) is 11.3 Å². The molecule has 1 aromatic carbocycles. The molecule has 5 heteroatoms. The smallest absolute Gasteiger partial charge is 0.388 e. The van der Waals surface area contributed by atoms with Gasteiger partial charge in [-0.2, -0.15) is 13.2 Å². The fourth-order valence-electron chi connectivity index (χ4n) is 2.73. The largest absolute Gasteiger partial charge is 0.391 e. The molecule has 1 N–H and O–H groups in total. The van der Waals surface area contributed by atoms with Crippen LogP contribution in [0.3, 0.4) is 0 Å². The van der Waals surface area contributed by atoms with Crippen LogP contribution in [0.1, 0.15) is 37.4 Å². The molecule has 0 aromatic heterocycles. The highest BCUT2D eigenvalue weighted by Gasteiger charge is 2.42. The van der Waals surface area contributed by atoms with Gasteiger partial charge in [-0.15, -0.1) is 0 Å². The first-order valence-corrected chi connectivity index (χ1v) is 6.76. The Morgan fingerprint density at radius 3 is 2.21 bits per heavy atom. The zero-order chi connectivity index (χ0) is 14.0. The van der Waals surface area contributed by atoms with E-state index in [1.54, 1.807) is 24.3 Å². The molecule has 0 spiro atoms. The molecule has 1 unspecified atom stereocenters. The van der Waals surface area contributed by atoms with Gasteiger partial charge in [-0.05, 0) is 43.2 Å². The van der Waals surface area contributed by atoms with E-state index >= 15 is 0 Å². The van der Waals surface area contributed by atoms with Crippen LogP contribution in [0, 0.1) is 11.8 Å². The van der Waals surface area contributed by atoms with Gasteiger partial charge in [0.25, 0.3) is 0 Å². The number of alkyl halides is 3. The van der Waals surface area contributed by atoms with Crippen LogP contribution in [0.15, 0.2) is 24.3 Å². The Kier molecular flexibility index (Phi) is 4.41. The van der Waals surface area contributed by atoms with Gasteiger partial charge in [0.05, 0.1) is 12.0 Å². The number of hydrogen-bond donors (Lipinski definition) is 1. The Morgan fingerprint density at radius 2 is 1.68 bits per heavy atom. The molecule has 106 valence electrons. The van der Waals surface area contributed by atoms with E-state index in [1.165, 1.54) is 0 Å². The Hall–Kier alpha value is -0.740. The minimum absolute atomic E-state index is 0.0929. The average molecular weight is 293 g/mol. The molecule has 1 fully saturated rings. The van der Waals surface area contributed by atoms with Crippen LogP contribution in [0.5, 0.6) is 0 Å². The number of halogens is 4. The van der Waals surface area contributed by atoms with Gasteiger partial charge >= 0.3 is 6.18 Å². The molecule has 0 amide bonds. The molecule has 0 bridgehead atoms. The summed E-state index contributed by atoms with van der Waals surface area (Å²) in [6.07, 6.45) is -3.93. The van der Waals surface area contributed by atoms with Crippen molar-refractivity contribution < 1.29 is 18.3 Å². The van der Waals surface area contributed by atoms with E-state index in [1.807, 2.05) is 0 Å². The van der Waals surface area contributed by atoms with Gasteiger partial charge < -0.3 is 5.11 Å². The van der Waals surface area contributed by atoms with Gasteiger partial charge in [0, 0.05) is 5.02 Å². The summed E-state index contributed by atoms with van der Waals surface area (Å²) >= 11 is 6.00. The molecule has 0 saturated heterocycles. The highest BCUT2D eigenvalue weighted by Crippen LogP contribution is 2.43. The summed E-state index contributed by atoms with van der Waals surface area (Å²) in [5.74, 6) is -1.36. The van der Waals surface area contributed by atoms with Crippen LogP contribution >= 0.6 is 11.6 Å². The molecule has 0 aliphatic heterocycles. The summed E-state index contributed by atoms with van der Waals surface area (Å²) in [5, 5.41) is 10.7. The molecule has 0 radical (unpaired) electrons. The van der Waals surface area contributed by atoms with Gasteiger partial charge in [0.15, 0.2) is 0 Å². The van der Waals surface area contributed by atoms with Crippen molar-refractivity contribution in [2.45, 2.75) is 38.0 Å². The Balaban J connectivity index is 2.00. The molecular formula is C14H16ClF3O. The summed E-state index contributed by atoms with van der Waals surface area (Å²) in [7, 11) is 0. The van der Waals surface area contributed by atoms with Crippen molar-refractivity contribution in [1.82, 2.24) is 0 Å². The Morgan fingerprint density at radius 1 is 1.11 bits per heavy atom. The van der Waals surface area contributed by atoms with Gasteiger partial charge in [-0.1, -0.05) is 29.8 Å². The van der Waals surface area contributed by atoms with Gasteiger partial charge in [-0.25, -0.2) is 0 Å². The number of benzene rings is 1. The number of aliphatic hydroxyl groups excluding tert-OH is 1. The molecule has 2 rings (SSSR count). The monoisotopic (exact) mass is 292 g/mol. The van der Waals surface area contributed by atoms with Crippen LogP contribution in [0.25, 0.3) is 0 Å². The molecule has 1 nitrogen and oxygen atoms in total. The highest BCUT2D eigenvalue weighted by molar-refractivity contribution is 6.31. The van der Waals surface area contributed by atoms with Gasteiger partial charge in [0.2, 0.25) is 0 Å². The summed E-state index contributed by atoms with van der Waals surface area (Å²) in [6, 6.07) is 6.94. The minimum atomic E-state index is -4.11. The van der Waals surface area contributed by atoms with Crippen molar-refractivity contribution in [3.8, 4) is 0 Å². The second kappa shape index (κ2) is 5.71. The van der Waals surface area contributed by atoms with Crippen molar-refractivity contribution in [2.24, 2.45) is 11.8 Å². The quantitative estimate of drug-likeness (QED) is 0.834. The van der Waals surface area contributed by atoms with Crippen molar-refractivity contribution >= 4 is 11.6 Å². The number of aliphatic hydroxyl groups is 1. The van der Waals surface area contributed by atoms with Crippen LogP contribution in [0.2, 0.25) is 5.02 Å². The second-order valence-corrected chi connectivity index (χ2v) is 5.53. The lowest BCUT2D eigenvalue weighted by Crippen LogP contribution is -2.29. The average Bonchev–Trinajstić information content (AvgIpc) is 2.38. The molecule has 1 atom stereocenters. The second-order valence-electron chi connectivity index (χ2n) is 5.12. The molecule has 1 aromatic rings. The molecule has 1 aliphatic rings. The Labute approximate surface area is 115 Å². The van der Waals surface area contributed by atoms with E-state index in [2.05, 4.69) is 0 Å². The number of hydrogen-bond acceptors (Lipinski definition) is 1. The molecule has 0 heterocycles.